The van der Waals surface area contributed by atoms with Crippen molar-refractivity contribution in [2.75, 3.05) is 33.3 Å². The molecule has 5 nitrogen and oxygen atoms in total. The van der Waals surface area contributed by atoms with E-state index in [9.17, 15) is 4.79 Å². The summed E-state index contributed by atoms with van der Waals surface area (Å²) in [6, 6.07) is 0. The molecule has 1 aliphatic rings. The molecule has 1 fully saturated rings. The molecule has 124 valence electrons. The van der Waals surface area contributed by atoms with Crippen molar-refractivity contribution in [2.45, 2.75) is 45.8 Å². The van der Waals surface area contributed by atoms with Crippen molar-refractivity contribution in [1.82, 2.24) is 14.8 Å². The number of hydrogen-bond donors (Lipinski definition) is 0. The number of methoxy groups -OCH3 is 1. The first-order valence-corrected chi connectivity index (χ1v) is 8.96. The highest BCUT2D eigenvalue weighted by Gasteiger charge is 2.21. The van der Waals surface area contributed by atoms with Crippen LogP contribution in [0.2, 0.25) is 0 Å². The number of thiazole rings is 1. The zero-order chi connectivity index (χ0) is 15.9. The fraction of sp³-hybridized carbons (Fsp3) is 0.750. The largest absolute Gasteiger partial charge is 0.381 e. The number of carbonyl (C=O) groups excluding carboxylic acids is 1. The molecule has 0 radical (unpaired) electrons. The van der Waals surface area contributed by atoms with Gasteiger partial charge in [-0.05, 0) is 19.8 Å². The van der Waals surface area contributed by atoms with Crippen LogP contribution in [-0.4, -0.2) is 60.1 Å². The van der Waals surface area contributed by atoms with Crippen molar-refractivity contribution in [2.24, 2.45) is 0 Å². The third-order valence-corrected chi connectivity index (χ3v) is 5.14. The van der Waals surface area contributed by atoms with E-state index in [1.54, 1.807) is 18.4 Å². The smallest absolute Gasteiger partial charge is 0.225 e. The van der Waals surface area contributed by atoms with Crippen molar-refractivity contribution in [3.63, 3.8) is 0 Å². The van der Waals surface area contributed by atoms with Gasteiger partial charge in [-0.25, -0.2) is 4.98 Å². The molecule has 1 amide bonds. The lowest BCUT2D eigenvalue weighted by Crippen LogP contribution is -2.36. The molecule has 2 rings (SSSR count). The van der Waals surface area contributed by atoms with Crippen LogP contribution in [0.5, 0.6) is 0 Å². The monoisotopic (exact) mass is 325 g/mol. The number of aromatic nitrogens is 1. The topological polar surface area (TPSA) is 45.7 Å². The summed E-state index contributed by atoms with van der Waals surface area (Å²) in [4.78, 5) is 21.3. The van der Waals surface area contributed by atoms with Crippen LogP contribution in [0.3, 0.4) is 0 Å². The van der Waals surface area contributed by atoms with Gasteiger partial charge in [-0.15, -0.1) is 11.3 Å². The summed E-state index contributed by atoms with van der Waals surface area (Å²) in [6.45, 7) is 8.58. The SMILES string of the molecule is CCc1nc(CN2CCCN(C(=O)C[C@H](C)OC)CC2)cs1. The minimum Gasteiger partial charge on any atom is -0.381 e. The second-order valence-electron chi connectivity index (χ2n) is 5.85. The maximum atomic E-state index is 12.2. The average molecular weight is 325 g/mol. The maximum Gasteiger partial charge on any atom is 0.225 e. The van der Waals surface area contributed by atoms with Crippen LogP contribution in [-0.2, 0) is 22.5 Å². The molecule has 0 spiro atoms. The fourth-order valence-electron chi connectivity index (χ4n) is 2.65. The molecule has 6 heteroatoms. The number of nitrogens with zero attached hydrogens (tertiary/aromatic N) is 3. The summed E-state index contributed by atoms with van der Waals surface area (Å²) in [5.41, 5.74) is 1.16. The van der Waals surface area contributed by atoms with E-state index in [-0.39, 0.29) is 12.0 Å². The van der Waals surface area contributed by atoms with E-state index in [1.807, 2.05) is 11.8 Å². The van der Waals surface area contributed by atoms with Gasteiger partial charge in [-0.1, -0.05) is 6.92 Å². The predicted molar refractivity (Wildman–Crippen MR) is 89.1 cm³/mol. The molecule has 1 atom stereocenters. The van der Waals surface area contributed by atoms with Crippen molar-refractivity contribution in [3.8, 4) is 0 Å². The molecular weight excluding hydrogens is 298 g/mol. The van der Waals surface area contributed by atoms with Crippen molar-refractivity contribution < 1.29 is 9.53 Å². The normalized spacial score (nSPS) is 18.2. The summed E-state index contributed by atoms with van der Waals surface area (Å²) < 4.78 is 5.19. The summed E-state index contributed by atoms with van der Waals surface area (Å²) in [5.74, 6) is 0.207. The Bertz CT molecular complexity index is 478. The predicted octanol–water partition coefficient (Wildman–Crippen LogP) is 2.16. The minimum atomic E-state index is -0.00525. The number of ether oxygens (including phenoxy) is 1. The van der Waals surface area contributed by atoms with Gasteiger partial charge < -0.3 is 9.64 Å². The Morgan fingerprint density at radius 2 is 2.23 bits per heavy atom. The zero-order valence-electron chi connectivity index (χ0n) is 13.9. The van der Waals surface area contributed by atoms with E-state index < -0.39 is 0 Å². The Morgan fingerprint density at radius 3 is 2.91 bits per heavy atom. The van der Waals surface area contributed by atoms with Crippen molar-refractivity contribution in [1.29, 1.82) is 0 Å². The molecule has 1 saturated heterocycles. The molecule has 0 bridgehead atoms. The van der Waals surface area contributed by atoms with E-state index >= 15 is 0 Å². The van der Waals surface area contributed by atoms with Crippen molar-refractivity contribution >= 4 is 17.2 Å². The Morgan fingerprint density at radius 1 is 1.41 bits per heavy atom. The molecular formula is C16H27N3O2S. The van der Waals surface area contributed by atoms with Gasteiger partial charge in [-0.3, -0.25) is 9.69 Å². The third-order valence-electron chi connectivity index (χ3n) is 4.09. The minimum absolute atomic E-state index is 0.00525. The number of rotatable bonds is 6. The molecule has 0 unspecified atom stereocenters. The second kappa shape index (κ2) is 8.60. The maximum absolute atomic E-state index is 12.2. The van der Waals surface area contributed by atoms with Gasteiger partial charge in [0.2, 0.25) is 5.91 Å². The molecule has 0 aromatic carbocycles. The molecule has 2 heterocycles. The van der Waals surface area contributed by atoms with Crippen molar-refractivity contribution in [3.05, 3.63) is 16.1 Å². The lowest BCUT2D eigenvalue weighted by Gasteiger charge is -2.22. The number of carbonyl (C=O) groups is 1. The first-order valence-electron chi connectivity index (χ1n) is 8.08. The Balaban J connectivity index is 1.82. The van der Waals surface area contributed by atoms with Gasteiger partial charge in [0.15, 0.2) is 0 Å². The van der Waals surface area contributed by atoms with Crippen LogP contribution in [0, 0.1) is 0 Å². The summed E-state index contributed by atoms with van der Waals surface area (Å²) in [6.07, 6.45) is 2.50. The van der Waals surface area contributed by atoms with Crippen LogP contribution in [0.25, 0.3) is 0 Å². The van der Waals surface area contributed by atoms with Gasteiger partial charge in [-0.2, -0.15) is 0 Å². The van der Waals surface area contributed by atoms with Crippen LogP contribution in [0.4, 0.5) is 0 Å². The van der Waals surface area contributed by atoms with Gasteiger partial charge in [0.25, 0.3) is 0 Å². The van der Waals surface area contributed by atoms with E-state index in [0.29, 0.717) is 6.42 Å². The highest BCUT2D eigenvalue weighted by molar-refractivity contribution is 7.09. The lowest BCUT2D eigenvalue weighted by molar-refractivity contribution is -0.133. The molecule has 1 aliphatic heterocycles. The standard InChI is InChI=1S/C16H27N3O2S/c1-4-15-17-14(12-22-15)11-18-6-5-7-19(9-8-18)16(20)10-13(2)21-3/h12-13H,4-11H2,1-3H3/t13-/m0/s1. The Hall–Kier alpha value is -0.980. The van der Waals surface area contributed by atoms with Gasteiger partial charge >= 0.3 is 0 Å². The average Bonchev–Trinajstić information content (AvgIpc) is 2.84. The lowest BCUT2D eigenvalue weighted by atomic mass is 10.2. The van der Waals surface area contributed by atoms with Gasteiger partial charge in [0, 0.05) is 45.2 Å². The van der Waals surface area contributed by atoms with E-state index in [4.69, 9.17) is 4.74 Å². The Kier molecular flexibility index (Phi) is 6.79. The first-order chi connectivity index (χ1) is 10.6. The molecule has 1 aromatic heterocycles. The molecule has 22 heavy (non-hydrogen) atoms. The first kappa shape index (κ1) is 17.4. The number of aryl methyl sites for hydroxylation is 1. The summed E-state index contributed by atoms with van der Waals surface area (Å²) >= 11 is 1.74. The van der Waals surface area contributed by atoms with E-state index in [0.717, 1.165) is 51.3 Å². The zero-order valence-corrected chi connectivity index (χ0v) is 14.7. The number of amides is 1. The number of hydrogen-bond acceptors (Lipinski definition) is 5. The second-order valence-corrected chi connectivity index (χ2v) is 6.79. The van der Waals surface area contributed by atoms with Crippen LogP contribution >= 0.6 is 11.3 Å². The third kappa shape index (κ3) is 5.04. The molecule has 1 aromatic rings. The molecule has 0 aliphatic carbocycles. The van der Waals surface area contributed by atoms with Crippen LogP contribution < -0.4 is 0 Å². The Labute approximate surface area is 137 Å². The fourth-order valence-corrected chi connectivity index (χ4v) is 3.39. The summed E-state index contributed by atoms with van der Waals surface area (Å²) in [5, 5.41) is 3.36. The van der Waals surface area contributed by atoms with Gasteiger partial charge in [0.1, 0.15) is 0 Å². The highest BCUT2D eigenvalue weighted by atomic mass is 32.1. The van der Waals surface area contributed by atoms with E-state index in [1.165, 1.54) is 5.01 Å². The quantitative estimate of drug-likeness (QED) is 0.804. The van der Waals surface area contributed by atoms with Crippen LogP contribution in [0.1, 0.15) is 37.4 Å². The highest BCUT2D eigenvalue weighted by Crippen LogP contribution is 2.14. The molecule has 0 saturated carbocycles. The van der Waals surface area contributed by atoms with Gasteiger partial charge in [0.05, 0.1) is 23.2 Å². The van der Waals surface area contributed by atoms with E-state index in [2.05, 4.69) is 22.2 Å². The van der Waals surface area contributed by atoms with Crippen LogP contribution in [0.15, 0.2) is 5.38 Å². The summed E-state index contributed by atoms with van der Waals surface area (Å²) in [7, 11) is 1.65. The molecule has 0 N–H and O–H groups in total.